The van der Waals surface area contributed by atoms with Crippen LogP contribution in [0.25, 0.3) is 0 Å². The maximum Gasteiger partial charge on any atom is 0.143 e. The molecular formula is C11H14BrNO2. The summed E-state index contributed by atoms with van der Waals surface area (Å²) in [6.07, 6.45) is 0.742. The number of halogens is 1. The Kier molecular flexibility index (Phi) is 3.17. The van der Waals surface area contributed by atoms with E-state index in [1.807, 2.05) is 25.2 Å². The zero-order chi connectivity index (χ0) is 10.8. The quantitative estimate of drug-likeness (QED) is 0.894. The number of likely N-dealkylation sites (N-methyl/N-ethyl adjacent to an activating group) is 1. The van der Waals surface area contributed by atoms with E-state index in [-0.39, 0.29) is 12.6 Å². The van der Waals surface area contributed by atoms with Crippen molar-refractivity contribution in [3.63, 3.8) is 0 Å². The van der Waals surface area contributed by atoms with Gasteiger partial charge in [0.25, 0.3) is 0 Å². The third-order valence-corrected chi connectivity index (χ3v) is 3.24. The number of ether oxygens (including phenoxy) is 1. The number of aliphatic hydroxyl groups is 1. The van der Waals surface area contributed by atoms with Crippen LogP contribution in [-0.4, -0.2) is 31.4 Å². The van der Waals surface area contributed by atoms with Crippen molar-refractivity contribution >= 4 is 21.6 Å². The summed E-state index contributed by atoms with van der Waals surface area (Å²) in [7, 11) is 2.04. The maximum absolute atomic E-state index is 8.94. The third-order valence-electron chi connectivity index (χ3n) is 2.74. The van der Waals surface area contributed by atoms with Crippen molar-refractivity contribution in [1.29, 1.82) is 0 Å². The van der Waals surface area contributed by atoms with E-state index in [9.17, 15) is 0 Å². The van der Waals surface area contributed by atoms with Crippen LogP contribution < -0.4 is 9.64 Å². The highest BCUT2D eigenvalue weighted by molar-refractivity contribution is 9.10. The molecule has 0 saturated carbocycles. The fourth-order valence-corrected chi connectivity index (χ4v) is 2.16. The van der Waals surface area contributed by atoms with Gasteiger partial charge in [-0.15, -0.1) is 0 Å². The summed E-state index contributed by atoms with van der Waals surface area (Å²) < 4.78 is 6.68. The molecule has 0 fully saturated rings. The van der Waals surface area contributed by atoms with Crippen LogP contribution in [0, 0.1) is 0 Å². The number of anilines is 1. The molecule has 1 heterocycles. The molecular weight excluding hydrogens is 258 g/mol. The Morgan fingerprint density at radius 3 is 3.13 bits per heavy atom. The minimum atomic E-state index is 0.199. The number of hydrogen-bond acceptors (Lipinski definition) is 3. The molecule has 2 rings (SSSR count). The van der Waals surface area contributed by atoms with Crippen LogP contribution in [0.4, 0.5) is 5.69 Å². The van der Waals surface area contributed by atoms with Gasteiger partial charge in [-0.3, -0.25) is 0 Å². The molecule has 1 aromatic carbocycles. The average molecular weight is 272 g/mol. The lowest BCUT2D eigenvalue weighted by Crippen LogP contribution is -2.40. The molecule has 0 aromatic heterocycles. The van der Waals surface area contributed by atoms with Gasteiger partial charge in [0.2, 0.25) is 0 Å². The topological polar surface area (TPSA) is 32.7 Å². The molecule has 0 amide bonds. The predicted molar refractivity (Wildman–Crippen MR) is 63.5 cm³/mol. The lowest BCUT2D eigenvalue weighted by atomic mass is 10.1. The van der Waals surface area contributed by atoms with Crippen molar-refractivity contribution in [2.45, 2.75) is 12.5 Å². The lowest BCUT2D eigenvalue weighted by Gasteiger charge is -2.35. The van der Waals surface area contributed by atoms with Crippen molar-refractivity contribution in [3.8, 4) is 5.75 Å². The van der Waals surface area contributed by atoms with Crippen LogP contribution in [0.1, 0.15) is 6.42 Å². The van der Waals surface area contributed by atoms with E-state index in [1.54, 1.807) is 0 Å². The molecule has 82 valence electrons. The van der Waals surface area contributed by atoms with Gasteiger partial charge in [0.15, 0.2) is 0 Å². The largest absolute Gasteiger partial charge is 0.489 e. The van der Waals surface area contributed by atoms with E-state index in [0.29, 0.717) is 6.61 Å². The van der Waals surface area contributed by atoms with E-state index in [2.05, 4.69) is 20.8 Å². The van der Waals surface area contributed by atoms with Crippen LogP contribution in [-0.2, 0) is 0 Å². The Labute approximate surface area is 97.8 Å². The molecule has 3 nitrogen and oxygen atoms in total. The molecule has 15 heavy (non-hydrogen) atoms. The summed E-state index contributed by atoms with van der Waals surface area (Å²) in [5, 5.41) is 8.94. The van der Waals surface area contributed by atoms with Crippen LogP contribution in [0.3, 0.4) is 0 Å². The minimum Gasteiger partial charge on any atom is -0.489 e. The first-order valence-electron chi connectivity index (χ1n) is 4.98. The monoisotopic (exact) mass is 271 g/mol. The molecule has 0 radical (unpaired) electrons. The highest BCUT2D eigenvalue weighted by atomic mass is 79.9. The summed E-state index contributed by atoms with van der Waals surface area (Å²) >= 11 is 3.42. The van der Waals surface area contributed by atoms with Crippen molar-refractivity contribution in [2.24, 2.45) is 0 Å². The smallest absolute Gasteiger partial charge is 0.143 e. The predicted octanol–water partition coefficient (Wildman–Crippen LogP) is 2.03. The molecule has 4 heteroatoms. The van der Waals surface area contributed by atoms with Gasteiger partial charge in [0, 0.05) is 18.1 Å². The van der Waals surface area contributed by atoms with Crippen molar-refractivity contribution in [1.82, 2.24) is 0 Å². The summed E-state index contributed by atoms with van der Waals surface area (Å²) in [5.41, 5.74) is 1.09. The molecule has 0 aliphatic carbocycles. The number of benzene rings is 1. The van der Waals surface area contributed by atoms with Gasteiger partial charge in [-0.05, 0) is 24.6 Å². The molecule has 0 spiro atoms. The van der Waals surface area contributed by atoms with Crippen molar-refractivity contribution < 1.29 is 9.84 Å². The molecule has 1 atom stereocenters. The van der Waals surface area contributed by atoms with Gasteiger partial charge in [-0.25, -0.2) is 0 Å². The van der Waals surface area contributed by atoms with E-state index < -0.39 is 0 Å². The lowest BCUT2D eigenvalue weighted by molar-refractivity contribution is 0.219. The SMILES string of the molecule is CN1c2ccc(Br)cc2OCC1CCO. The van der Waals surface area contributed by atoms with Gasteiger partial charge < -0.3 is 14.7 Å². The molecule has 1 aromatic rings. The van der Waals surface area contributed by atoms with Crippen molar-refractivity contribution in [3.05, 3.63) is 22.7 Å². The van der Waals surface area contributed by atoms with Crippen LogP contribution >= 0.6 is 15.9 Å². The molecule has 0 saturated heterocycles. The summed E-state index contributed by atoms with van der Waals surface area (Å²) in [6, 6.07) is 6.27. The van der Waals surface area contributed by atoms with Crippen LogP contribution in [0.15, 0.2) is 22.7 Å². The Morgan fingerprint density at radius 2 is 2.40 bits per heavy atom. The zero-order valence-electron chi connectivity index (χ0n) is 8.61. The highest BCUT2D eigenvalue weighted by Crippen LogP contribution is 2.35. The maximum atomic E-state index is 8.94. The summed E-state index contributed by atoms with van der Waals surface area (Å²) in [6.45, 7) is 0.838. The van der Waals surface area contributed by atoms with Gasteiger partial charge in [0.1, 0.15) is 12.4 Å². The van der Waals surface area contributed by atoms with E-state index >= 15 is 0 Å². The van der Waals surface area contributed by atoms with Crippen LogP contribution in [0.5, 0.6) is 5.75 Å². The van der Waals surface area contributed by atoms with Gasteiger partial charge in [-0.2, -0.15) is 0 Å². The van der Waals surface area contributed by atoms with E-state index in [1.165, 1.54) is 0 Å². The molecule has 1 aliphatic rings. The first-order valence-corrected chi connectivity index (χ1v) is 5.77. The second-order valence-electron chi connectivity index (χ2n) is 3.70. The second-order valence-corrected chi connectivity index (χ2v) is 4.62. The first-order chi connectivity index (χ1) is 7.22. The van der Waals surface area contributed by atoms with Gasteiger partial charge in [0.05, 0.1) is 11.7 Å². The average Bonchev–Trinajstić information content (AvgIpc) is 2.22. The Morgan fingerprint density at radius 1 is 1.60 bits per heavy atom. The van der Waals surface area contributed by atoms with Gasteiger partial charge >= 0.3 is 0 Å². The number of rotatable bonds is 2. The molecule has 1 unspecified atom stereocenters. The van der Waals surface area contributed by atoms with Crippen LogP contribution in [0.2, 0.25) is 0 Å². The molecule has 0 bridgehead atoms. The first kappa shape index (κ1) is 10.8. The molecule has 1 aliphatic heterocycles. The Bertz CT molecular complexity index is 356. The fourth-order valence-electron chi connectivity index (χ4n) is 1.82. The number of hydrogen-bond donors (Lipinski definition) is 1. The van der Waals surface area contributed by atoms with Crippen molar-refractivity contribution in [2.75, 3.05) is 25.2 Å². The molecule has 1 N–H and O–H groups in total. The Balaban J connectivity index is 2.26. The summed E-state index contributed by atoms with van der Waals surface area (Å²) in [4.78, 5) is 2.17. The van der Waals surface area contributed by atoms with Gasteiger partial charge in [-0.1, -0.05) is 15.9 Å². The normalized spacial score (nSPS) is 19.7. The fraction of sp³-hybridized carbons (Fsp3) is 0.455. The number of nitrogens with zero attached hydrogens (tertiary/aromatic N) is 1. The number of aliphatic hydroxyl groups excluding tert-OH is 1. The van der Waals surface area contributed by atoms with E-state index in [0.717, 1.165) is 22.3 Å². The summed E-state index contributed by atoms with van der Waals surface area (Å²) in [5.74, 6) is 0.904. The Hall–Kier alpha value is -0.740. The standard InChI is InChI=1S/C11H14BrNO2/c1-13-9(4-5-14)7-15-11-6-8(12)2-3-10(11)13/h2-3,6,9,14H,4-5,7H2,1H3. The third kappa shape index (κ3) is 2.11. The second kappa shape index (κ2) is 4.41. The van der Waals surface area contributed by atoms with E-state index in [4.69, 9.17) is 9.84 Å². The minimum absolute atomic E-state index is 0.199. The number of fused-ring (bicyclic) bond motifs is 1. The zero-order valence-corrected chi connectivity index (χ0v) is 10.2. The highest BCUT2D eigenvalue weighted by Gasteiger charge is 2.23.